The van der Waals surface area contributed by atoms with E-state index in [1.807, 2.05) is 0 Å². The molecule has 13 heteroatoms. The van der Waals surface area contributed by atoms with E-state index in [1.165, 1.54) is 26.2 Å². The van der Waals surface area contributed by atoms with Crippen LogP contribution in [0.1, 0.15) is 63.1 Å². The number of nitrogens with one attached hydrogen (secondary N) is 2. The predicted octanol–water partition coefficient (Wildman–Crippen LogP) is 3.70. The Morgan fingerprint density at radius 1 is 1.16 bits per heavy atom. The highest BCUT2D eigenvalue weighted by atomic mass is 35.5. The number of benzene rings is 1. The first-order valence-electron chi connectivity index (χ1n) is 11.6. The lowest BCUT2D eigenvalue weighted by atomic mass is 10.00. The van der Waals surface area contributed by atoms with Gasteiger partial charge in [0.1, 0.15) is 32.8 Å². The van der Waals surface area contributed by atoms with E-state index in [9.17, 15) is 18.0 Å². The molecule has 3 heterocycles. The average Bonchev–Trinajstić information content (AvgIpc) is 2.96. The van der Waals surface area contributed by atoms with Gasteiger partial charge in [0.05, 0.1) is 30.3 Å². The molecular formula is C24H28ClN5O6S. The van der Waals surface area contributed by atoms with Gasteiger partial charge in [-0.3, -0.25) is 15.1 Å². The summed E-state index contributed by atoms with van der Waals surface area (Å²) in [6.45, 7) is 8.29. The van der Waals surface area contributed by atoms with Crippen LogP contribution in [0.5, 0.6) is 5.75 Å². The van der Waals surface area contributed by atoms with Crippen molar-refractivity contribution < 1.29 is 27.5 Å². The largest absolute Gasteiger partial charge is 0.493 e. The zero-order valence-corrected chi connectivity index (χ0v) is 22.6. The van der Waals surface area contributed by atoms with Crippen molar-refractivity contribution in [2.75, 3.05) is 11.9 Å². The molecule has 2 aromatic rings. The number of aliphatic imine (C=N–C) groups is 1. The summed E-state index contributed by atoms with van der Waals surface area (Å²) in [4.78, 5) is 37.7. The molecule has 2 aliphatic heterocycles. The van der Waals surface area contributed by atoms with E-state index in [-0.39, 0.29) is 29.7 Å². The van der Waals surface area contributed by atoms with Gasteiger partial charge in [-0.25, -0.2) is 23.2 Å². The van der Waals surface area contributed by atoms with E-state index in [1.54, 1.807) is 39.0 Å². The molecule has 2 aliphatic rings. The first kappa shape index (κ1) is 26.8. The third-order valence-corrected chi connectivity index (χ3v) is 9.12. The minimum absolute atomic E-state index is 0.0262. The maximum absolute atomic E-state index is 13.8. The average molecular weight is 550 g/mol. The molecule has 0 radical (unpaired) electrons. The third kappa shape index (κ3) is 5.40. The Labute approximate surface area is 219 Å². The molecule has 2 N–H and O–H groups in total. The second kappa shape index (κ2) is 9.56. The summed E-state index contributed by atoms with van der Waals surface area (Å²) in [6, 6.07) is 4.00. The second-order valence-corrected chi connectivity index (χ2v) is 13.3. The molecule has 2 atom stereocenters. The Bertz CT molecular complexity index is 1370. The van der Waals surface area contributed by atoms with E-state index in [2.05, 4.69) is 20.6 Å². The smallest absolute Gasteiger partial charge is 0.413 e. The number of alkyl carbamates (subject to hydrolysis) is 1. The number of aromatic nitrogens is 2. The number of carbonyl (C=O) groups is 2. The number of fused-ring (bicyclic) bond motifs is 3. The number of halogens is 1. The van der Waals surface area contributed by atoms with Crippen LogP contribution in [0.4, 0.5) is 10.5 Å². The SMILES string of the molecule is CC(C)(C)OC(=O)NC1=NC2c3cc(NC(=O)c4cnc(Cl)cn4)ccc3OCCC2S(=O)(=O)C1(C)C. The molecule has 0 aliphatic carbocycles. The lowest BCUT2D eigenvalue weighted by Gasteiger charge is -2.38. The van der Waals surface area contributed by atoms with Gasteiger partial charge >= 0.3 is 6.09 Å². The van der Waals surface area contributed by atoms with Gasteiger partial charge in [-0.05, 0) is 52.8 Å². The molecule has 198 valence electrons. The van der Waals surface area contributed by atoms with Gasteiger partial charge in [0, 0.05) is 17.7 Å². The number of sulfone groups is 1. The fraction of sp³-hybridized carbons (Fsp3) is 0.458. The van der Waals surface area contributed by atoms with Crippen molar-refractivity contribution in [3.8, 4) is 5.75 Å². The zero-order valence-electron chi connectivity index (χ0n) is 21.0. The predicted molar refractivity (Wildman–Crippen MR) is 138 cm³/mol. The van der Waals surface area contributed by atoms with E-state index < -0.39 is 43.5 Å². The van der Waals surface area contributed by atoms with Gasteiger partial charge in [0.25, 0.3) is 5.91 Å². The standard InChI is InChI=1S/C24H28ClN5O6S/c1-23(2,3)36-22(32)30-21-24(4,5)37(33,34)17-8-9-35-16-7-6-13(10-14(16)19(17)29-21)28-20(31)15-11-27-18(25)12-26-15/h6-7,10-12,17,19H,8-9H2,1-5H3,(H,28,31)(H,29,30,32). The molecule has 0 spiro atoms. The lowest BCUT2D eigenvalue weighted by molar-refractivity contribution is 0.0560. The maximum Gasteiger partial charge on any atom is 0.413 e. The summed E-state index contributed by atoms with van der Waals surface area (Å²) in [6.07, 6.45) is 1.91. The summed E-state index contributed by atoms with van der Waals surface area (Å²) in [5, 5.41) is 4.52. The molecule has 2 unspecified atom stereocenters. The lowest BCUT2D eigenvalue weighted by Crippen LogP contribution is -2.57. The normalized spacial score (nSPS) is 21.7. The first-order chi connectivity index (χ1) is 17.2. The summed E-state index contributed by atoms with van der Waals surface area (Å²) in [7, 11) is -3.85. The quantitative estimate of drug-likeness (QED) is 0.575. The van der Waals surface area contributed by atoms with Crippen LogP contribution in [-0.2, 0) is 14.6 Å². The molecule has 11 nitrogen and oxygen atoms in total. The molecule has 0 saturated heterocycles. The zero-order chi connectivity index (χ0) is 27.2. The number of carbonyl (C=O) groups excluding carboxylic acids is 2. The molecule has 1 aromatic heterocycles. The molecule has 0 bridgehead atoms. The van der Waals surface area contributed by atoms with Crippen LogP contribution in [0.25, 0.3) is 0 Å². The van der Waals surface area contributed by atoms with Crippen molar-refractivity contribution in [1.29, 1.82) is 0 Å². The van der Waals surface area contributed by atoms with Crippen LogP contribution in [0, 0.1) is 0 Å². The van der Waals surface area contributed by atoms with Crippen molar-refractivity contribution in [3.63, 3.8) is 0 Å². The summed E-state index contributed by atoms with van der Waals surface area (Å²) in [5.41, 5.74) is 0.112. The number of rotatable bonds is 2. The topological polar surface area (TPSA) is 149 Å². The molecule has 37 heavy (non-hydrogen) atoms. The van der Waals surface area contributed by atoms with Crippen LogP contribution in [0.15, 0.2) is 35.6 Å². The summed E-state index contributed by atoms with van der Waals surface area (Å²) >= 11 is 5.74. The van der Waals surface area contributed by atoms with Crippen LogP contribution in [0.3, 0.4) is 0 Å². The van der Waals surface area contributed by atoms with Crippen molar-refractivity contribution in [3.05, 3.63) is 47.0 Å². The van der Waals surface area contributed by atoms with Gasteiger partial charge in [-0.15, -0.1) is 0 Å². The number of nitrogens with zero attached hydrogens (tertiary/aromatic N) is 3. The Kier molecular flexibility index (Phi) is 6.93. The van der Waals surface area contributed by atoms with Crippen molar-refractivity contribution in [2.45, 2.75) is 62.7 Å². The number of amides is 2. The number of anilines is 1. The van der Waals surface area contributed by atoms with Crippen LogP contribution in [0.2, 0.25) is 5.15 Å². The van der Waals surface area contributed by atoms with Gasteiger partial charge in [-0.1, -0.05) is 11.6 Å². The highest BCUT2D eigenvalue weighted by molar-refractivity contribution is 7.94. The fourth-order valence-corrected chi connectivity index (χ4v) is 6.31. The van der Waals surface area contributed by atoms with E-state index in [0.717, 1.165) is 0 Å². The maximum atomic E-state index is 13.8. The molecule has 4 rings (SSSR count). The Morgan fingerprint density at radius 2 is 1.89 bits per heavy atom. The number of hydrogen-bond acceptors (Lipinski definition) is 9. The van der Waals surface area contributed by atoms with Gasteiger partial charge < -0.3 is 14.8 Å². The summed E-state index contributed by atoms with van der Waals surface area (Å²) in [5.74, 6) is -0.114. The second-order valence-electron chi connectivity index (χ2n) is 10.2. The number of ether oxygens (including phenoxy) is 2. The fourth-order valence-electron chi connectivity index (χ4n) is 4.12. The summed E-state index contributed by atoms with van der Waals surface area (Å²) < 4.78 is 37.2. The van der Waals surface area contributed by atoms with Crippen LogP contribution < -0.4 is 15.4 Å². The Balaban J connectivity index is 1.72. The molecule has 2 amide bonds. The van der Waals surface area contributed by atoms with Gasteiger partial charge in [0.2, 0.25) is 0 Å². The van der Waals surface area contributed by atoms with Gasteiger partial charge in [0.15, 0.2) is 9.84 Å². The van der Waals surface area contributed by atoms with E-state index >= 15 is 0 Å². The monoisotopic (exact) mass is 549 g/mol. The molecule has 1 aromatic carbocycles. The minimum atomic E-state index is -3.85. The molecule has 0 saturated carbocycles. The van der Waals surface area contributed by atoms with Gasteiger partial charge in [-0.2, -0.15) is 0 Å². The van der Waals surface area contributed by atoms with Crippen molar-refractivity contribution >= 4 is 45.0 Å². The molecule has 0 fully saturated rings. The Hall–Kier alpha value is -3.25. The molecular weight excluding hydrogens is 522 g/mol. The minimum Gasteiger partial charge on any atom is -0.493 e. The highest BCUT2D eigenvalue weighted by Crippen LogP contribution is 2.45. The van der Waals surface area contributed by atoms with Crippen LogP contribution in [-0.4, -0.2) is 58.4 Å². The van der Waals surface area contributed by atoms with E-state index in [4.69, 9.17) is 26.1 Å². The van der Waals surface area contributed by atoms with Crippen LogP contribution >= 0.6 is 11.6 Å². The number of hydrogen-bond donors (Lipinski definition) is 2. The van der Waals surface area contributed by atoms with Crippen molar-refractivity contribution in [2.24, 2.45) is 4.99 Å². The highest BCUT2D eigenvalue weighted by Gasteiger charge is 2.53. The van der Waals surface area contributed by atoms with E-state index in [0.29, 0.717) is 17.0 Å². The van der Waals surface area contributed by atoms with Crippen molar-refractivity contribution in [1.82, 2.24) is 15.3 Å². The number of amidine groups is 1. The first-order valence-corrected chi connectivity index (χ1v) is 13.5. The third-order valence-electron chi connectivity index (χ3n) is 6.02. The Morgan fingerprint density at radius 3 is 2.54 bits per heavy atom.